The van der Waals surface area contributed by atoms with Crippen LogP contribution in [0.15, 0.2) is 40.9 Å². The molecule has 0 aliphatic heterocycles. The van der Waals surface area contributed by atoms with E-state index in [0.717, 1.165) is 17.2 Å². The van der Waals surface area contributed by atoms with E-state index in [-0.39, 0.29) is 5.04 Å². The Bertz CT molecular complexity index is 980. The summed E-state index contributed by atoms with van der Waals surface area (Å²) in [5, 5.41) is 4.17. The molecule has 0 bridgehead atoms. The van der Waals surface area contributed by atoms with Crippen LogP contribution in [0, 0.1) is 11.6 Å². The molecule has 150 valence electrons. The molecule has 0 saturated heterocycles. The number of hydrogen-bond acceptors (Lipinski definition) is 4. The number of halogens is 2. The van der Waals surface area contributed by atoms with E-state index in [2.05, 4.69) is 44.2 Å². The third kappa shape index (κ3) is 4.42. The van der Waals surface area contributed by atoms with E-state index in [4.69, 9.17) is 8.84 Å². The molecule has 2 aromatic heterocycles. The quantitative estimate of drug-likeness (QED) is 0.494. The van der Waals surface area contributed by atoms with Crippen LogP contribution in [-0.4, -0.2) is 13.3 Å². The van der Waals surface area contributed by atoms with Crippen LogP contribution in [0.4, 0.5) is 14.6 Å². The van der Waals surface area contributed by atoms with Gasteiger partial charge in [-0.3, -0.25) is 0 Å². The largest absolute Gasteiger partial charge is 0.455 e. The number of anilines is 1. The molecule has 0 spiro atoms. The van der Waals surface area contributed by atoms with Crippen molar-refractivity contribution in [1.29, 1.82) is 0 Å². The van der Waals surface area contributed by atoms with Crippen LogP contribution >= 0.6 is 0 Å². The molecule has 1 aromatic carbocycles. The van der Waals surface area contributed by atoms with Crippen molar-refractivity contribution in [1.82, 2.24) is 4.98 Å². The summed E-state index contributed by atoms with van der Waals surface area (Å²) in [5.41, 5.74) is 1.24. The lowest BCUT2D eigenvalue weighted by Gasteiger charge is -2.35. The van der Waals surface area contributed by atoms with Crippen molar-refractivity contribution in [2.45, 2.75) is 52.1 Å². The molecule has 4 nitrogen and oxygen atoms in total. The van der Waals surface area contributed by atoms with E-state index in [1.807, 2.05) is 12.1 Å². The Kier molecular flexibility index (Phi) is 5.59. The molecule has 0 aliphatic rings. The highest BCUT2D eigenvalue weighted by Crippen LogP contribution is 2.37. The summed E-state index contributed by atoms with van der Waals surface area (Å²) in [5.74, 6) is -0.431. The van der Waals surface area contributed by atoms with Gasteiger partial charge in [0.05, 0.1) is 6.61 Å². The summed E-state index contributed by atoms with van der Waals surface area (Å²) >= 11 is 0. The van der Waals surface area contributed by atoms with Gasteiger partial charge in [0.15, 0.2) is 31.4 Å². The molecule has 2 heterocycles. The summed E-state index contributed by atoms with van der Waals surface area (Å²) in [4.78, 5) is 4.32. The van der Waals surface area contributed by atoms with E-state index in [1.165, 1.54) is 12.1 Å². The molecule has 3 aromatic rings. The number of aromatic nitrogens is 1. The highest BCUT2D eigenvalue weighted by atomic mass is 28.4. The molecule has 0 amide bonds. The molecule has 0 saturated carbocycles. The minimum Gasteiger partial charge on any atom is -0.455 e. The van der Waals surface area contributed by atoms with Crippen molar-refractivity contribution in [2.24, 2.45) is 0 Å². The zero-order valence-electron chi connectivity index (χ0n) is 16.9. The van der Waals surface area contributed by atoms with Gasteiger partial charge < -0.3 is 14.2 Å². The summed E-state index contributed by atoms with van der Waals surface area (Å²) in [7, 11) is -1.88. The number of nitrogens with zero attached hydrogens (tertiary/aromatic N) is 1. The number of hydrogen-bond donors (Lipinski definition) is 1. The van der Waals surface area contributed by atoms with Crippen LogP contribution in [0.25, 0.3) is 11.0 Å². The van der Waals surface area contributed by atoms with Crippen LogP contribution in [0.5, 0.6) is 0 Å². The average Bonchev–Trinajstić information content (AvgIpc) is 3.04. The van der Waals surface area contributed by atoms with Crippen molar-refractivity contribution < 1.29 is 17.6 Å². The summed E-state index contributed by atoms with van der Waals surface area (Å²) in [6.45, 7) is 11.7. The van der Waals surface area contributed by atoms with Crippen molar-refractivity contribution in [3.05, 3.63) is 59.5 Å². The second kappa shape index (κ2) is 7.64. The van der Waals surface area contributed by atoms with E-state index < -0.39 is 20.0 Å². The Labute approximate surface area is 165 Å². The van der Waals surface area contributed by atoms with Crippen molar-refractivity contribution >= 4 is 25.1 Å². The predicted molar refractivity (Wildman–Crippen MR) is 110 cm³/mol. The van der Waals surface area contributed by atoms with Gasteiger partial charge in [-0.25, -0.2) is 13.8 Å². The topological polar surface area (TPSA) is 47.3 Å². The van der Waals surface area contributed by atoms with E-state index in [0.29, 0.717) is 30.1 Å². The molecule has 3 rings (SSSR count). The summed E-state index contributed by atoms with van der Waals surface area (Å²) in [6.07, 6.45) is 1.68. The van der Waals surface area contributed by atoms with Gasteiger partial charge in [0, 0.05) is 18.1 Å². The van der Waals surface area contributed by atoms with Gasteiger partial charge in [-0.1, -0.05) is 26.8 Å². The second-order valence-corrected chi connectivity index (χ2v) is 13.3. The number of furan rings is 1. The highest BCUT2D eigenvalue weighted by molar-refractivity contribution is 6.74. The van der Waals surface area contributed by atoms with Crippen LogP contribution < -0.4 is 5.32 Å². The molecule has 0 atom stereocenters. The van der Waals surface area contributed by atoms with Crippen LogP contribution in [-0.2, 0) is 17.6 Å². The van der Waals surface area contributed by atoms with Gasteiger partial charge in [0.1, 0.15) is 5.76 Å². The van der Waals surface area contributed by atoms with Crippen molar-refractivity contribution in [3.63, 3.8) is 0 Å². The Morgan fingerprint density at radius 1 is 1.11 bits per heavy atom. The van der Waals surface area contributed by atoms with E-state index in [9.17, 15) is 8.78 Å². The highest BCUT2D eigenvalue weighted by Gasteiger charge is 2.37. The maximum atomic E-state index is 13.4. The first-order valence-corrected chi connectivity index (χ1v) is 12.2. The Morgan fingerprint density at radius 2 is 1.86 bits per heavy atom. The Morgan fingerprint density at radius 3 is 2.54 bits per heavy atom. The van der Waals surface area contributed by atoms with Gasteiger partial charge >= 0.3 is 0 Å². The fourth-order valence-corrected chi connectivity index (χ4v) is 3.45. The Hall–Kier alpha value is -2.25. The van der Waals surface area contributed by atoms with Crippen molar-refractivity contribution in [2.75, 3.05) is 5.32 Å². The van der Waals surface area contributed by atoms with Gasteiger partial charge in [-0.05, 0) is 48.0 Å². The van der Waals surface area contributed by atoms with Crippen LogP contribution in [0.2, 0.25) is 18.1 Å². The van der Waals surface area contributed by atoms with Crippen LogP contribution in [0.1, 0.15) is 32.1 Å². The van der Waals surface area contributed by atoms with Crippen molar-refractivity contribution in [3.8, 4) is 0 Å². The fraction of sp³-hybridized carbons (Fsp3) is 0.381. The maximum Gasteiger partial charge on any atom is 0.192 e. The fourth-order valence-electron chi connectivity index (χ4n) is 2.52. The van der Waals surface area contributed by atoms with Crippen LogP contribution in [0.3, 0.4) is 0 Å². The lowest BCUT2D eigenvalue weighted by Crippen LogP contribution is -2.40. The van der Waals surface area contributed by atoms with E-state index in [1.54, 1.807) is 6.20 Å². The first-order chi connectivity index (χ1) is 13.1. The van der Waals surface area contributed by atoms with Gasteiger partial charge in [-0.2, -0.15) is 0 Å². The molecular weight excluding hydrogens is 378 g/mol. The SMILES string of the molecule is CC(C)(C)[Si](C)(C)OCc1cc2ccnc(NCc3ccc(F)c(F)c3)c2o1. The lowest BCUT2D eigenvalue weighted by atomic mass is 10.2. The van der Waals surface area contributed by atoms with Gasteiger partial charge in [0.25, 0.3) is 0 Å². The predicted octanol–water partition coefficient (Wildman–Crippen LogP) is 6.24. The first-order valence-electron chi connectivity index (χ1n) is 9.26. The number of pyridine rings is 1. The van der Waals surface area contributed by atoms with Gasteiger partial charge in [-0.15, -0.1) is 0 Å². The smallest absolute Gasteiger partial charge is 0.192 e. The first kappa shape index (κ1) is 20.5. The maximum absolute atomic E-state index is 13.4. The molecule has 1 N–H and O–H groups in total. The summed E-state index contributed by atoms with van der Waals surface area (Å²) < 4.78 is 38.7. The zero-order valence-corrected chi connectivity index (χ0v) is 17.9. The lowest BCUT2D eigenvalue weighted by molar-refractivity contribution is 0.249. The Balaban J connectivity index is 1.75. The number of rotatable bonds is 6. The molecule has 0 radical (unpaired) electrons. The number of fused-ring (bicyclic) bond motifs is 1. The minimum absolute atomic E-state index is 0.123. The van der Waals surface area contributed by atoms with E-state index >= 15 is 0 Å². The third-order valence-corrected chi connectivity index (χ3v) is 9.79. The molecule has 0 unspecified atom stereocenters. The zero-order chi connectivity index (χ0) is 20.5. The standard InChI is InChI=1S/C21H26F2N2O2Si/c1-21(2,3)28(4,5)26-13-16-11-15-8-9-24-20(19(15)27-16)25-12-14-6-7-17(22)18(23)10-14/h6-11H,12-13H2,1-5H3,(H,24,25). The second-order valence-electron chi connectivity index (χ2n) is 8.44. The molecule has 7 heteroatoms. The molecule has 0 fully saturated rings. The average molecular weight is 405 g/mol. The normalized spacial score (nSPS) is 12.5. The summed E-state index contributed by atoms with van der Waals surface area (Å²) in [6, 6.07) is 7.64. The number of nitrogens with one attached hydrogen (secondary N) is 1. The monoisotopic (exact) mass is 404 g/mol. The molecule has 0 aliphatic carbocycles. The third-order valence-electron chi connectivity index (χ3n) is 5.31. The molecular formula is C21H26F2N2O2Si. The van der Waals surface area contributed by atoms with Gasteiger partial charge in [0.2, 0.25) is 0 Å². The molecule has 28 heavy (non-hydrogen) atoms. The minimum atomic E-state index is -1.88. The number of benzene rings is 1.